The van der Waals surface area contributed by atoms with Crippen molar-refractivity contribution in [2.45, 2.75) is 102 Å². The van der Waals surface area contributed by atoms with E-state index >= 15 is 0 Å². The van der Waals surface area contributed by atoms with Gasteiger partial charge >= 0.3 is 0 Å². The van der Waals surface area contributed by atoms with Crippen LogP contribution in [0.1, 0.15) is 88.5 Å². The summed E-state index contributed by atoms with van der Waals surface area (Å²) >= 11 is 0. The minimum Gasteiger partial charge on any atom is -0.393 e. The molecule has 6 fully saturated rings. The van der Waals surface area contributed by atoms with Gasteiger partial charge in [0.15, 0.2) is 0 Å². The van der Waals surface area contributed by atoms with E-state index in [1.807, 2.05) is 35.2 Å². The first-order chi connectivity index (χ1) is 22.2. The highest BCUT2D eigenvalue weighted by Gasteiger charge is 2.61. The monoisotopic (exact) mass is 628 g/mol. The van der Waals surface area contributed by atoms with Crippen LogP contribution in [0.3, 0.4) is 0 Å². The van der Waals surface area contributed by atoms with E-state index in [4.69, 9.17) is 0 Å². The number of aliphatic hydroxyl groups excluding tert-OH is 2. The maximum absolute atomic E-state index is 13.9. The molecule has 2 N–H and O–H groups in total. The molecule has 2 saturated heterocycles. The van der Waals surface area contributed by atoms with Gasteiger partial charge in [0.25, 0.3) is 5.91 Å². The number of amides is 2. The molecule has 3 heterocycles. The first-order valence-corrected chi connectivity index (χ1v) is 18.2. The maximum Gasteiger partial charge on any atom is 0.273 e. The second kappa shape index (κ2) is 11.6. The third-order valence-corrected chi connectivity index (χ3v) is 14.3. The van der Waals surface area contributed by atoms with Gasteiger partial charge in [-0.2, -0.15) is 0 Å². The highest BCUT2D eigenvalue weighted by molar-refractivity contribution is 5.98. The van der Waals surface area contributed by atoms with Gasteiger partial charge < -0.3 is 20.0 Å². The summed E-state index contributed by atoms with van der Waals surface area (Å²) in [6, 6.07) is 11.2. The van der Waals surface area contributed by atoms with E-state index in [2.05, 4.69) is 23.7 Å². The number of likely N-dealkylation sites (tertiary alicyclic amines) is 1. The number of carbonyl (C=O) groups excluding carboxylic acids is 2. The van der Waals surface area contributed by atoms with Gasteiger partial charge in [0.1, 0.15) is 11.7 Å². The van der Waals surface area contributed by atoms with E-state index in [0.717, 1.165) is 56.1 Å². The van der Waals surface area contributed by atoms with E-state index in [-0.39, 0.29) is 40.9 Å². The number of benzene rings is 1. The van der Waals surface area contributed by atoms with Gasteiger partial charge in [0.05, 0.1) is 17.7 Å². The van der Waals surface area contributed by atoms with Crippen molar-refractivity contribution in [2.24, 2.45) is 34.5 Å². The molecule has 0 bridgehead atoms. The van der Waals surface area contributed by atoms with Crippen molar-refractivity contribution in [3.8, 4) is 0 Å². The van der Waals surface area contributed by atoms with E-state index < -0.39 is 6.04 Å². The molecule has 0 radical (unpaired) electrons. The van der Waals surface area contributed by atoms with Crippen molar-refractivity contribution in [1.29, 1.82) is 0 Å². The molecule has 248 valence electrons. The SMILES string of the molecule is C[C@]12C[C@H](N3CCN(C(=O)[C@@H]4CCCN4C(=O)c4ccc5ccccc5n4)CC3)[C@@H](O)CC1CCC1C2CC[C@@]2(C)C1CC[C@@H]2O. The molecular formula is C38H52N4O4. The van der Waals surface area contributed by atoms with Gasteiger partial charge in [-0.15, -0.1) is 0 Å². The molecular weight excluding hydrogens is 576 g/mol. The predicted molar refractivity (Wildman–Crippen MR) is 177 cm³/mol. The summed E-state index contributed by atoms with van der Waals surface area (Å²) in [5, 5.41) is 23.4. The Hall–Kier alpha value is -2.55. The number of carbonyl (C=O) groups is 2. The smallest absolute Gasteiger partial charge is 0.273 e. The molecule has 4 saturated carbocycles. The second-order valence-electron chi connectivity index (χ2n) is 16.3. The lowest BCUT2D eigenvalue weighted by Crippen LogP contribution is -2.62. The molecule has 2 aliphatic heterocycles. The Morgan fingerprint density at radius 3 is 2.46 bits per heavy atom. The van der Waals surface area contributed by atoms with Gasteiger partial charge in [-0.3, -0.25) is 14.5 Å². The van der Waals surface area contributed by atoms with Crippen molar-refractivity contribution in [1.82, 2.24) is 19.7 Å². The Kier molecular flexibility index (Phi) is 7.73. The topological polar surface area (TPSA) is 97.2 Å². The highest BCUT2D eigenvalue weighted by atomic mass is 16.3. The average Bonchev–Trinajstić information content (AvgIpc) is 3.68. The van der Waals surface area contributed by atoms with Crippen LogP contribution in [0.4, 0.5) is 0 Å². The average molecular weight is 629 g/mol. The van der Waals surface area contributed by atoms with Crippen LogP contribution in [0.15, 0.2) is 36.4 Å². The molecule has 4 unspecified atom stereocenters. The number of rotatable bonds is 3. The number of aliphatic hydroxyl groups is 2. The largest absolute Gasteiger partial charge is 0.393 e. The molecule has 10 atom stereocenters. The summed E-state index contributed by atoms with van der Waals surface area (Å²) in [5.74, 6) is 2.48. The fraction of sp³-hybridized carbons (Fsp3) is 0.711. The molecule has 2 amide bonds. The first kappa shape index (κ1) is 30.8. The summed E-state index contributed by atoms with van der Waals surface area (Å²) in [6.45, 7) is 8.29. The number of fused-ring (bicyclic) bond motifs is 6. The number of pyridine rings is 1. The molecule has 0 spiro atoms. The summed E-state index contributed by atoms with van der Waals surface area (Å²) < 4.78 is 0. The zero-order valence-electron chi connectivity index (χ0n) is 27.7. The van der Waals surface area contributed by atoms with E-state index in [9.17, 15) is 19.8 Å². The Morgan fingerprint density at radius 1 is 0.848 bits per heavy atom. The van der Waals surface area contributed by atoms with Crippen molar-refractivity contribution >= 4 is 22.7 Å². The van der Waals surface area contributed by atoms with Crippen LogP contribution in [-0.2, 0) is 4.79 Å². The van der Waals surface area contributed by atoms with Crippen LogP contribution in [0.5, 0.6) is 0 Å². The van der Waals surface area contributed by atoms with Crippen molar-refractivity contribution in [2.75, 3.05) is 32.7 Å². The third-order valence-electron chi connectivity index (χ3n) is 14.3. The van der Waals surface area contributed by atoms with Gasteiger partial charge in [-0.1, -0.05) is 38.1 Å². The second-order valence-corrected chi connectivity index (χ2v) is 16.3. The van der Waals surface area contributed by atoms with Crippen LogP contribution in [0.25, 0.3) is 10.9 Å². The zero-order chi connectivity index (χ0) is 31.8. The lowest BCUT2D eigenvalue weighted by atomic mass is 9.44. The minimum atomic E-state index is -0.433. The number of hydrogen-bond acceptors (Lipinski definition) is 6. The summed E-state index contributed by atoms with van der Waals surface area (Å²) in [7, 11) is 0. The summed E-state index contributed by atoms with van der Waals surface area (Å²) in [5.41, 5.74) is 1.50. The van der Waals surface area contributed by atoms with Crippen molar-refractivity contribution in [3.05, 3.63) is 42.1 Å². The Labute approximate surface area is 273 Å². The number of hydrogen-bond donors (Lipinski definition) is 2. The maximum atomic E-state index is 13.9. The van der Waals surface area contributed by atoms with Crippen LogP contribution >= 0.6 is 0 Å². The van der Waals surface area contributed by atoms with Crippen molar-refractivity contribution in [3.63, 3.8) is 0 Å². The molecule has 8 nitrogen and oxygen atoms in total. The van der Waals surface area contributed by atoms with Crippen LogP contribution in [-0.4, -0.2) is 98.7 Å². The van der Waals surface area contributed by atoms with E-state index in [1.54, 1.807) is 11.0 Å². The Bertz CT molecular complexity index is 1490. The Morgan fingerprint density at radius 2 is 1.63 bits per heavy atom. The summed E-state index contributed by atoms with van der Waals surface area (Å²) in [6.07, 6.45) is 9.90. The number of para-hydroxylation sites is 1. The van der Waals surface area contributed by atoms with E-state index in [0.29, 0.717) is 55.4 Å². The quantitative estimate of drug-likeness (QED) is 0.511. The molecule has 6 aliphatic rings. The van der Waals surface area contributed by atoms with Crippen molar-refractivity contribution < 1.29 is 19.8 Å². The molecule has 1 aromatic carbocycles. The lowest BCUT2D eigenvalue weighted by molar-refractivity contribution is -0.157. The van der Waals surface area contributed by atoms with Gasteiger partial charge in [0.2, 0.25) is 5.91 Å². The fourth-order valence-corrected chi connectivity index (χ4v) is 11.7. The van der Waals surface area contributed by atoms with Crippen LogP contribution < -0.4 is 0 Å². The number of nitrogens with zero attached hydrogens (tertiary/aromatic N) is 4. The molecule has 46 heavy (non-hydrogen) atoms. The molecule has 4 aliphatic carbocycles. The summed E-state index contributed by atoms with van der Waals surface area (Å²) in [4.78, 5) is 38.2. The van der Waals surface area contributed by atoms with E-state index in [1.165, 1.54) is 25.7 Å². The van der Waals surface area contributed by atoms with Gasteiger partial charge in [-0.25, -0.2) is 4.98 Å². The normalized spacial score (nSPS) is 41.2. The standard InChI is InChI=1S/C38H52N4O4/c1-37-16-15-28-26(27(37)12-14-34(37)44)11-10-25-22-33(43)32(23-38(25,28)2)40-18-20-41(21-19-40)36(46)31-8-5-17-42(31)35(45)30-13-9-24-6-3-4-7-29(24)39-30/h3-4,6-7,9,13,25-28,31-34,43-44H,5,8,10-12,14-23H2,1-2H3/t25?,26?,27?,28?,31-,32-,33-,34-,37-,38-/m0/s1. The minimum absolute atomic E-state index is 0.0571. The molecule has 2 aromatic rings. The fourth-order valence-electron chi connectivity index (χ4n) is 11.7. The predicted octanol–water partition coefficient (Wildman–Crippen LogP) is 4.73. The van der Waals surface area contributed by atoms with Crippen LogP contribution in [0.2, 0.25) is 0 Å². The lowest BCUT2D eigenvalue weighted by Gasteiger charge is -2.62. The third kappa shape index (κ3) is 4.83. The van der Waals surface area contributed by atoms with Gasteiger partial charge in [0, 0.05) is 44.2 Å². The molecule has 8 heteroatoms. The number of aromatic nitrogens is 1. The molecule has 8 rings (SSSR count). The van der Waals surface area contributed by atoms with Crippen LogP contribution in [0, 0.1) is 34.5 Å². The Balaban J connectivity index is 0.922. The zero-order valence-corrected chi connectivity index (χ0v) is 27.7. The molecule has 1 aromatic heterocycles. The highest BCUT2D eigenvalue weighted by Crippen LogP contribution is 2.66. The first-order valence-electron chi connectivity index (χ1n) is 18.2. The number of piperazine rings is 1. The van der Waals surface area contributed by atoms with Gasteiger partial charge in [-0.05, 0) is 111 Å².